The number of pyridine rings is 1. The van der Waals surface area contributed by atoms with Crippen molar-refractivity contribution in [2.24, 2.45) is 0 Å². The number of benzene rings is 1. The number of hydrogen-bond acceptors (Lipinski definition) is 3. The zero-order chi connectivity index (χ0) is 18.7. The van der Waals surface area contributed by atoms with Gasteiger partial charge in [-0.2, -0.15) is 0 Å². The highest BCUT2D eigenvalue weighted by atomic mass is 79.9. The molecule has 0 N–H and O–H groups in total. The molecule has 0 aliphatic carbocycles. The standard InChI is InChI=1S/C22H22BrNOS/c1-15-10-18(8-9-24-15)17-6-4-16(5-7-17)11-20(25)13-22(2,3)21-12-19(23)14-26-21/h4-10,12,14H,11,13H2,1-3H3. The van der Waals surface area contributed by atoms with Gasteiger partial charge in [-0.25, -0.2) is 0 Å². The third-order valence-electron chi connectivity index (χ3n) is 4.46. The number of rotatable bonds is 6. The predicted octanol–water partition coefficient (Wildman–Crippen LogP) is 6.36. The molecule has 3 aromatic rings. The number of ketones is 1. The summed E-state index contributed by atoms with van der Waals surface area (Å²) in [6.45, 7) is 6.26. The Balaban J connectivity index is 1.66. The summed E-state index contributed by atoms with van der Waals surface area (Å²) >= 11 is 5.20. The molecular formula is C22H22BrNOS. The molecule has 0 amide bonds. The summed E-state index contributed by atoms with van der Waals surface area (Å²) < 4.78 is 1.08. The smallest absolute Gasteiger partial charge is 0.138 e. The Labute approximate surface area is 167 Å². The van der Waals surface area contributed by atoms with E-state index in [-0.39, 0.29) is 11.2 Å². The summed E-state index contributed by atoms with van der Waals surface area (Å²) in [7, 11) is 0. The van der Waals surface area contributed by atoms with Crippen molar-refractivity contribution in [3.05, 3.63) is 74.6 Å². The second kappa shape index (κ2) is 7.85. The Hall–Kier alpha value is -1.78. The van der Waals surface area contributed by atoms with Crippen molar-refractivity contribution in [3.8, 4) is 11.1 Å². The molecule has 0 aliphatic rings. The normalized spacial score (nSPS) is 11.5. The molecule has 0 fully saturated rings. The maximum Gasteiger partial charge on any atom is 0.138 e. The van der Waals surface area contributed by atoms with Crippen molar-refractivity contribution in [3.63, 3.8) is 0 Å². The van der Waals surface area contributed by atoms with Gasteiger partial charge in [-0.05, 0) is 57.7 Å². The summed E-state index contributed by atoms with van der Waals surface area (Å²) in [6.07, 6.45) is 2.85. The number of aryl methyl sites for hydroxylation is 1. The van der Waals surface area contributed by atoms with Crippen LogP contribution in [0.2, 0.25) is 0 Å². The Bertz CT molecular complexity index is 912. The van der Waals surface area contributed by atoms with Gasteiger partial charge >= 0.3 is 0 Å². The summed E-state index contributed by atoms with van der Waals surface area (Å²) in [5.41, 5.74) is 4.23. The van der Waals surface area contributed by atoms with Crippen molar-refractivity contribution >= 4 is 33.0 Å². The van der Waals surface area contributed by atoms with Gasteiger partial charge in [0.15, 0.2) is 0 Å². The Morgan fingerprint density at radius 1 is 1.12 bits per heavy atom. The van der Waals surface area contributed by atoms with Gasteiger partial charge in [0.25, 0.3) is 0 Å². The Morgan fingerprint density at radius 3 is 2.46 bits per heavy atom. The van der Waals surface area contributed by atoms with Gasteiger partial charge in [0.05, 0.1) is 0 Å². The van der Waals surface area contributed by atoms with E-state index in [4.69, 9.17) is 0 Å². The average Bonchev–Trinajstić information content (AvgIpc) is 3.02. The first kappa shape index (κ1) is 19.0. The SMILES string of the molecule is Cc1cc(-c2ccc(CC(=O)CC(C)(C)c3cc(Br)cs3)cc2)ccn1. The van der Waals surface area contributed by atoms with Crippen molar-refractivity contribution < 1.29 is 4.79 Å². The zero-order valence-corrected chi connectivity index (χ0v) is 17.7. The molecule has 26 heavy (non-hydrogen) atoms. The third-order valence-corrected chi connectivity index (χ3v) is 6.52. The van der Waals surface area contributed by atoms with Gasteiger partial charge in [0.1, 0.15) is 5.78 Å². The molecule has 0 spiro atoms. The number of thiophene rings is 1. The van der Waals surface area contributed by atoms with Gasteiger partial charge in [-0.15, -0.1) is 11.3 Å². The number of nitrogens with zero attached hydrogens (tertiary/aromatic N) is 1. The van der Waals surface area contributed by atoms with E-state index in [0.29, 0.717) is 12.8 Å². The van der Waals surface area contributed by atoms with Crippen LogP contribution in [0.3, 0.4) is 0 Å². The van der Waals surface area contributed by atoms with E-state index in [0.717, 1.165) is 26.9 Å². The van der Waals surface area contributed by atoms with Crippen LogP contribution in [0, 0.1) is 6.92 Å². The lowest BCUT2D eigenvalue weighted by Crippen LogP contribution is -2.21. The molecular weight excluding hydrogens is 406 g/mol. The largest absolute Gasteiger partial charge is 0.299 e. The quantitative estimate of drug-likeness (QED) is 0.457. The lowest BCUT2D eigenvalue weighted by molar-refractivity contribution is -0.119. The van der Waals surface area contributed by atoms with E-state index < -0.39 is 0 Å². The molecule has 2 aromatic heterocycles. The van der Waals surface area contributed by atoms with Crippen molar-refractivity contribution in [2.45, 2.75) is 39.0 Å². The van der Waals surface area contributed by atoms with Gasteiger partial charge < -0.3 is 0 Å². The minimum Gasteiger partial charge on any atom is -0.299 e. The van der Waals surface area contributed by atoms with Gasteiger partial charge in [0, 0.05) is 44.9 Å². The Morgan fingerprint density at radius 2 is 1.85 bits per heavy atom. The van der Waals surface area contributed by atoms with E-state index in [1.165, 1.54) is 4.88 Å². The maximum atomic E-state index is 12.6. The molecule has 134 valence electrons. The number of hydrogen-bond donors (Lipinski definition) is 0. The van der Waals surface area contributed by atoms with Crippen LogP contribution in [0.15, 0.2) is 58.5 Å². The summed E-state index contributed by atoms with van der Waals surface area (Å²) in [4.78, 5) is 18.1. The van der Waals surface area contributed by atoms with Crippen LogP contribution >= 0.6 is 27.3 Å². The lowest BCUT2D eigenvalue weighted by Gasteiger charge is -2.22. The van der Waals surface area contributed by atoms with Crippen LogP contribution in [-0.4, -0.2) is 10.8 Å². The number of aromatic nitrogens is 1. The first-order chi connectivity index (χ1) is 12.3. The topological polar surface area (TPSA) is 30.0 Å². The van der Waals surface area contributed by atoms with Crippen molar-refractivity contribution in [1.82, 2.24) is 4.98 Å². The molecule has 0 radical (unpaired) electrons. The van der Waals surface area contributed by atoms with E-state index >= 15 is 0 Å². The van der Waals surface area contributed by atoms with Crippen LogP contribution in [-0.2, 0) is 16.6 Å². The minimum absolute atomic E-state index is 0.137. The predicted molar refractivity (Wildman–Crippen MR) is 113 cm³/mol. The molecule has 4 heteroatoms. The zero-order valence-electron chi connectivity index (χ0n) is 15.3. The Kier molecular flexibility index (Phi) is 5.73. The number of carbonyl (C=O) groups excluding carboxylic acids is 1. The second-order valence-electron chi connectivity index (χ2n) is 7.29. The molecule has 1 aromatic carbocycles. The average molecular weight is 428 g/mol. The third kappa shape index (κ3) is 4.68. The van der Waals surface area contributed by atoms with Crippen LogP contribution in [0.4, 0.5) is 0 Å². The molecule has 0 saturated heterocycles. The summed E-state index contributed by atoms with van der Waals surface area (Å²) in [5, 5.41) is 2.07. The van der Waals surface area contributed by atoms with Crippen LogP contribution in [0.25, 0.3) is 11.1 Å². The van der Waals surface area contributed by atoms with Crippen molar-refractivity contribution in [2.75, 3.05) is 0 Å². The highest BCUT2D eigenvalue weighted by molar-refractivity contribution is 9.10. The van der Waals surface area contributed by atoms with E-state index in [2.05, 4.69) is 76.5 Å². The van der Waals surface area contributed by atoms with E-state index in [9.17, 15) is 4.79 Å². The van der Waals surface area contributed by atoms with Crippen molar-refractivity contribution in [1.29, 1.82) is 0 Å². The molecule has 2 heterocycles. The number of halogens is 1. The van der Waals surface area contributed by atoms with Gasteiger partial charge in [0.2, 0.25) is 0 Å². The molecule has 0 atom stereocenters. The van der Waals surface area contributed by atoms with Crippen LogP contribution < -0.4 is 0 Å². The van der Waals surface area contributed by atoms with Gasteiger partial charge in [-0.3, -0.25) is 9.78 Å². The van der Waals surface area contributed by atoms with Crippen LogP contribution in [0.1, 0.15) is 36.4 Å². The lowest BCUT2D eigenvalue weighted by atomic mass is 9.84. The minimum atomic E-state index is -0.137. The number of Topliss-reactive ketones (excluding diaryl/α,β-unsaturated/α-hetero) is 1. The van der Waals surface area contributed by atoms with E-state index in [1.54, 1.807) is 11.3 Å². The van der Waals surface area contributed by atoms with Gasteiger partial charge in [-0.1, -0.05) is 38.1 Å². The fraction of sp³-hybridized carbons (Fsp3) is 0.273. The molecule has 0 aliphatic heterocycles. The summed E-state index contributed by atoms with van der Waals surface area (Å²) in [6, 6.07) is 14.5. The monoisotopic (exact) mass is 427 g/mol. The first-order valence-electron chi connectivity index (χ1n) is 8.62. The summed E-state index contributed by atoms with van der Waals surface area (Å²) in [5.74, 6) is 0.270. The second-order valence-corrected chi connectivity index (χ2v) is 9.12. The number of carbonyl (C=O) groups is 1. The fourth-order valence-electron chi connectivity index (χ4n) is 3.08. The van der Waals surface area contributed by atoms with Crippen LogP contribution in [0.5, 0.6) is 0 Å². The highest BCUT2D eigenvalue weighted by Crippen LogP contribution is 2.34. The molecule has 2 nitrogen and oxygen atoms in total. The maximum absolute atomic E-state index is 12.6. The first-order valence-corrected chi connectivity index (χ1v) is 10.3. The highest BCUT2D eigenvalue weighted by Gasteiger charge is 2.25. The molecule has 0 saturated carbocycles. The molecule has 3 rings (SSSR count). The molecule has 0 bridgehead atoms. The molecule has 0 unspecified atom stereocenters. The fourth-order valence-corrected chi connectivity index (χ4v) is 4.63. The van der Waals surface area contributed by atoms with E-state index in [1.807, 2.05) is 19.2 Å².